The minimum absolute atomic E-state index is 0.166. The van der Waals surface area contributed by atoms with Gasteiger partial charge in [0.15, 0.2) is 0 Å². The van der Waals surface area contributed by atoms with Gasteiger partial charge in [0, 0.05) is 24.0 Å². The number of benzene rings is 1. The van der Waals surface area contributed by atoms with E-state index in [2.05, 4.69) is 30.0 Å². The van der Waals surface area contributed by atoms with Crippen LogP contribution in [0.1, 0.15) is 21.9 Å². The second-order valence-corrected chi connectivity index (χ2v) is 7.04. The van der Waals surface area contributed by atoms with Crippen molar-refractivity contribution in [2.45, 2.75) is 20.0 Å². The first-order valence-corrected chi connectivity index (χ1v) is 9.11. The summed E-state index contributed by atoms with van der Waals surface area (Å²) in [4.78, 5) is 19.1. The molecule has 0 atom stereocenters. The largest absolute Gasteiger partial charge is 0.465 e. The Bertz CT molecular complexity index is 1140. The fourth-order valence-electron chi connectivity index (χ4n) is 3.10. The van der Waals surface area contributed by atoms with Crippen molar-refractivity contribution in [2.24, 2.45) is 0 Å². The Morgan fingerprint density at radius 1 is 1.21 bits per heavy atom. The van der Waals surface area contributed by atoms with Crippen LogP contribution in [0.25, 0.3) is 22.1 Å². The zero-order valence-electron chi connectivity index (χ0n) is 16.1. The molecule has 0 radical (unpaired) electrons. The van der Waals surface area contributed by atoms with E-state index in [4.69, 9.17) is 4.42 Å². The molecule has 0 aliphatic carbocycles. The Kier molecular flexibility index (Phi) is 4.79. The Balaban J connectivity index is 1.65. The van der Waals surface area contributed by atoms with Crippen molar-refractivity contribution in [1.82, 2.24) is 30.0 Å². The van der Waals surface area contributed by atoms with Gasteiger partial charge in [-0.25, -0.2) is 4.98 Å². The fraction of sp³-hybridized carbons (Fsp3) is 0.300. The molecule has 0 saturated carbocycles. The number of aromatic nitrogens is 4. The van der Waals surface area contributed by atoms with Crippen LogP contribution in [0.2, 0.25) is 0 Å². The van der Waals surface area contributed by atoms with E-state index in [1.165, 1.54) is 0 Å². The Morgan fingerprint density at radius 3 is 2.82 bits per heavy atom. The third kappa shape index (κ3) is 3.59. The summed E-state index contributed by atoms with van der Waals surface area (Å²) in [5.74, 6) is 1.38. The minimum atomic E-state index is -0.166. The molecule has 0 bridgehead atoms. The Labute approximate surface area is 162 Å². The summed E-state index contributed by atoms with van der Waals surface area (Å²) < 4.78 is 7.56. The van der Waals surface area contributed by atoms with E-state index in [1.807, 2.05) is 45.3 Å². The molecule has 28 heavy (non-hydrogen) atoms. The van der Waals surface area contributed by atoms with Crippen molar-refractivity contribution in [1.29, 1.82) is 0 Å². The van der Waals surface area contributed by atoms with Gasteiger partial charge < -0.3 is 19.2 Å². The molecule has 8 heteroatoms. The maximum Gasteiger partial charge on any atom is 0.251 e. The molecule has 0 spiro atoms. The molecule has 1 aromatic carbocycles. The molecule has 4 rings (SSSR count). The highest BCUT2D eigenvalue weighted by molar-refractivity contribution is 6.05. The molecule has 8 nitrogen and oxygen atoms in total. The van der Waals surface area contributed by atoms with Gasteiger partial charge in [0.2, 0.25) is 5.65 Å². The number of furan rings is 1. The van der Waals surface area contributed by atoms with E-state index in [0.29, 0.717) is 17.8 Å². The third-order valence-corrected chi connectivity index (χ3v) is 4.59. The molecular weight excluding hydrogens is 356 g/mol. The van der Waals surface area contributed by atoms with Crippen LogP contribution in [-0.4, -0.2) is 51.2 Å². The second-order valence-electron chi connectivity index (χ2n) is 7.04. The number of rotatable bonds is 6. The molecule has 144 valence electrons. The van der Waals surface area contributed by atoms with E-state index in [9.17, 15) is 4.79 Å². The topological polar surface area (TPSA) is 89.1 Å². The van der Waals surface area contributed by atoms with Gasteiger partial charge in [-0.2, -0.15) is 0 Å². The molecule has 0 saturated heterocycles. The van der Waals surface area contributed by atoms with Gasteiger partial charge >= 0.3 is 0 Å². The zero-order chi connectivity index (χ0) is 19.7. The highest BCUT2D eigenvalue weighted by Crippen LogP contribution is 2.23. The van der Waals surface area contributed by atoms with Gasteiger partial charge in [-0.3, -0.25) is 4.79 Å². The summed E-state index contributed by atoms with van der Waals surface area (Å²) in [5, 5.41) is 12.2. The van der Waals surface area contributed by atoms with Crippen LogP contribution < -0.4 is 5.32 Å². The number of hydrogen-bond donors (Lipinski definition) is 1. The van der Waals surface area contributed by atoms with E-state index in [1.54, 1.807) is 12.4 Å². The first kappa shape index (κ1) is 18.1. The van der Waals surface area contributed by atoms with Crippen LogP contribution in [0.15, 0.2) is 41.1 Å². The molecule has 3 aromatic heterocycles. The van der Waals surface area contributed by atoms with Crippen LogP contribution >= 0.6 is 0 Å². The van der Waals surface area contributed by atoms with Gasteiger partial charge in [0.25, 0.3) is 5.91 Å². The number of fused-ring (bicyclic) bond motifs is 3. The quantitative estimate of drug-likeness (QED) is 0.554. The van der Waals surface area contributed by atoms with Crippen LogP contribution in [-0.2, 0) is 13.1 Å². The lowest BCUT2D eigenvalue weighted by molar-refractivity contribution is 0.0948. The number of hydrogen-bond acceptors (Lipinski definition) is 6. The third-order valence-electron chi connectivity index (χ3n) is 4.59. The maximum atomic E-state index is 12.6. The number of nitrogens with one attached hydrogen (secondary N) is 1. The normalized spacial score (nSPS) is 11.6. The average molecular weight is 378 g/mol. The predicted octanol–water partition coefficient (Wildman–Crippen LogP) is 2.37. The smallest absolute Gasteiger partial charge is 0.251 e. The number of aryl methyl sites for hydroxylation is 1. The standard InChI is InChI=1S/C20H22N6O2/c1-13-4-6-15(28-13)11-21-20(27)14-5-7-17-16(10-14)18-19(24-23-17)22-12-26(18)9-8-25(2)3/h4-7,10,12H,8-9,11H2,1-3H3,(H,21,27). The second kappa shape index (κ2) is 7.40. The Hall–Kier alpha value is -3.26. The van der Waals surface area contributed by atoms with Crippen molar-refractivity contribution in [2.75, 3.05) is 20.6 Å². The summed E-state index contributed by atoms with van der Waals surface area (Å²) in [5.41, 5.74) is 2.76. The van der Waals surface area contributed by atoms with Crippen molar-refractivity contribution < 1.29 is 9.21 Å². The molecule has 0 aliphatic rings. The molecule has 0 unspecified atom stereocenters. The van der Waals surface area contributed by atoms with Crippen molar-refractivity contribution >= 4 is 28.0 Å². The first-order valence-electron chi connectivity index (χ1n) is 9.11. The number of likely N-dealkylation sites (N-methyl/N-ethyl adjacent to an activating group) is 1. The van der Waals surface area contributed by atoms with E-state index in [-0.39, 0.29) is 5.91 Å². The van der Waals surface area contributed by atoms with Gasteiger partial charge in [0.05, 0.1) is 23.9 Å². The minimum Gasteiger partial charge on any atom is -0.465 e. The van der Waals surface area contributed by atoms with E-state index < -0.39 is 0 Å². The van der Waals surface area contributed by atoms with Crippen molar-refractivity contribution in [3.05, 3.63) is 53.7 Å². The van der Waals surface area contributed by atoms with Crippen molar-refractivity contribution in [3.8, 4) is 0 Å². The molecule has 1 N–H and O–H groups in total. The SMILES string of the molecule is Cc1ccc(CNC(=O)c2ccc3nnc4ncn(CCN(C)C)c4c3c2)o1. The molecule has 0 aliphatic heterocycles. The molecule has 1 amide bonds. The first-order chi connectivity index (χ1) is 13.5. The van der Waals surface area contributed by atoms with Crippen LogP contribution in [0.4, 0.5) is 0 Å². The number of amides is 1. The Morgan fingerprint density at radius 2 is 2.07 bits per heavy atom. The van der Waals surface area contributed by atoms with Gasteiger partial charge in [-0.1, -0.05) is 0 Å². The lowest BCUT2D eigenvalue weighted by Crippen LogP contribution is -2.22. The number of carbonyl (C=O) groups is 1. The summed E-state index contributed by atoms with van der Waals surface area (Å²) in [7, 11) is 4.06. The summed E-state index contributed by atoms with van der Waals surface area (Å²) in [6.45, 7) is 3.87. The molecule has 4 aromatic rings. The summed E-state index contributed by atoms with van der Waals surface area (Å²) in [6.07, 6.45) is 1.77. The number of nitrogens with zero attached hydrogens (tertiary/aromatic N) is 5. The monoisotopic (exact) mass is 378 g/mol. The van der Waals surface area contributed by atoms with Gasteiger partial charge in [-0.15, -0.1) is 10.2 Å². The van der Waals surface area contributed by atoms with Gasteiger partial charge in [0.1, 0.15) is 11.5 Å². The van der Waals surface area contributed by atoms with E-state index in [0.717, 1.165) is 41.0 Å². The molecule has 0 fully saturated rings. The average Bonchev–Trinajstić information content (AvgIpc) is 3.30. The number of carbonyl (C=O) groups excluding carboxylic acids is 1. The highest BCUT2D eigenvalue weighted by Gasteiger charge is 2.13. The van der Waals surface area contributed by atoms with Crippen LogP contribution in [0.3, 0.4) is 0 Å². The highest BCUT2D eigenvalue weighted by atomic mass is 16.3. The van der Waals surface area contributed by atoms with Crippen LogP contribution in [0, 0.1) is 6.92 Å². The lowest BCUT2D eigenvalue weighted by atomic mass is 10.1. The zero-order valence-corrected chi connectivity index (χ0v) is 16.1. The maximum absolute atomic E-state index is 12.6. The van der Waals surface area contributed by atoms with Gasteiger partial charge in [-0.05, 0) is 51.4 Å². The predicted molar refractivity (Wildman–Crippen MR) is 106 cm³/mol. The number of imidazole rings is 1. The van der Waals surface area contributed by atoms with E-state index >= 15 is 0 Å². The van der Waals surface area contributed by atoms with Crippen molar-refractivity contribution in [3.63, 3.8) is 0 Å². The lowest BCUT2D eigenvalue weighted by Gasteiger charge is -2.11. The molecular formula is C20H22N6O2. The fourth-order valence-corrected chi connectivity index (χ4v) is 3.10. The van der Waals surface area contributed by atoms with Crippen LogP contribution in [0.5, 0.6) is 0 Å². The summed E-state index contributed by atoms with van der Waals surface area (Å²) in [6, 6.07) is 9.16. The molecule has 3 heterocycles. The summed E-state index contributed by atoms with van der Waals surface area (Å²) >= 11 is 0.